The van der Waals surface area contributed by atoms with E-state index in [-0.39, 0.29) is 17.7 Å². The summed E-state index contributed by atoms with van der Waals surface area (Å²) < 4.78 is 0. The van der Waals surface area contributed by atoms with Crippen molar-refractivity contribution in [3.8, 4) is 0 Å². The average Bonchev–Trinajstić information content (AvgIpc) is 2.47. The zero-order chi connectivity index (χ0) is 15.4. The van der Waals surface area contributed by atoms with E-state index in [1.54, 1.807) is 18.3 Å². The van der Waals surface area contributed by atoms with Crippen LogP contribution in [0.4, 0.5) is 11.5 Å². The highest BCUT2D eigenvalue weighted by Crippen LogP contribution is 2.15. The van der Waals surface area contributed by atoms with Gasteiger partial charge in [-0.3, -0.25) is 9.59 Å². The van der Waals surface area contributed by atoms with E-state index >= 15 is 0 Å². The Morgan fingerprint density at radius 1 is 1.48 bits per heavy atom. The van der Waals surface area contributed by atoms with E-state index in [1.807, 2.05) is 18.7 Å². The summed E-state index contributed by atoms with van der Waals surface area (Å²) in [4.78, 5) is 29.4. The smallest absolute Gasteiger partial charge is 0.241 e. The molecular formula is C14H21N5O2. The third kappa shape index (κ3) is 3.91. The van der Waals surface area contributed by atoms with Crippen LogP contribution in [-0.2, 0) is 9.59 Å². The molecule has 7 heteroatoms. The van der Waals surface area contributed by atoms with E-state index in [9.17, 15) is 9.59 Å². The molecule has 1 atom stereocenters. The van der Waals surface area contributed by atoms with Crippen LogP contribution in [-0.4, -0.2) is 42.5 Å². The van der Waals surface area contributed by atoms with Crippen LogP contribution in [0.3, 0.4) is 0 Å². The van der Waals surface area contributed by atoms with Crippen molar-refractivity contribution in [2.24, 2.45) is 11.7 Å². The van der Waals surface area contributed by atoms with Gasteiger partial charge < -0.3 is 21.3 Å². The van der Waals surface area contributed by atoms with E-state index in [4.69, 9.17) is 5.73 Å². The highest BCUT2D eigenvalue weighted by molar-refractivity contribution is 5.94. The maximum atomic E-state index is 11.9. The number of carbonyl (C=O) groups is 2. The van der Waals surface area contributed by atoms with Crippen LogP contribution in [0.5, 0.6) is 0 Å². The number of hydrogen-bond acceptors (Lipinski definition) is 5. The van der Waals surface area contributed by atoms with Crippen LogP contribution in [0.1, 0.15) is 13.8 Å². The lowest BCUT2D eigenvalue weighted by Crippen LogP contribution is -2.48. The summed E-state index contributed by atoms with van der Waals surface area (Å²) in [7, 11) is 0. The van der Waals surface area contributed by atoms with Crippen LogP contribution >= 0.6 is 0 Å². The van der Waals surface area contributed by atoms with Crippen molar-refractivity contribution in [3.63, 3.8) is 0 Å². The van der Waals surface area contributed by atoms with Gasteiger partial charge in [-0.25, -0.2) is 4.98 Å². The summed E-state index contributed by atoms with van der Waals surface area (Å²) in [6.45, 7) is 5.43. The van der Waals surface area contributed by atoms with Gasteiger partial charge in [-0.1, -0.05) is 13.8 Å². The average molecular weight is 291 g/mol. The predicted octanol–water partition coefficient (Wildman–Crippen LogP) is -0.0604. The second-order valence-corrected chi connectivity index (χ2v) is 5.44. The molecular weight excluding hydrogens is 270 g/mol. The molecule has 0 aliphatic carbocycles. The van der Waals surface area contributed by atoms with Gasteiger partial charge >= 0.3 is 0 Å². The first kappa shape index (κ1) is 15.2. The summed E-state index contributed by atoms with van der Waals surface area (Å²) >= 11 is 0. The van der Waals surface area contributed by atoms with Crippen molar-refractivity contribution in [2.45, 2.75) is 19.9 Å². The number of piperazine rings is 1. The molecule has 0 aromatic carbocycles. The van der Waals surface area contributed by atoms with Crippen molar-refractivity contribution < 1.29 is 9.59 Å². The number of carbonyl (C=O) groups excluding carboxylic acids is 2. The predicted molar refractivity (Wildman–Crippen MR) is 80.9 cm³/mol. The van der Waals surface area contributed by atoms with E-state index < -0.39 is 6.04 Å². The number of nitrogens with zero attached hydrogens (tertiary/aromatic N) is 2. The van der Waals surface area contributed by atoms with Crippen molar-refractivity contribution in [1.29, 1.82) is 0 Å². The molecule has 0 radical (unpaired) electrons. The topological polar surface area (TPSA) is 100 Å². The lowest BCUT2D eigenvalue weighted by Gasteiger charge is -2.27. The zero-order valence-electron chi connectivity index (χ0n) is 12.3. The first-order valence-corrected chi connectivity index (χ1v) is 7.01. The molecule has 2 rings (SSSR count). The number of aromatic nitrogens is 1. The van der Waals surface area contributed by atoms with Crippen LogP contribution in [0.25, 0.3) is 0 Å². The normalized spacial score (nSPS) is 16.6. The monoisotopic (exact) mass is 291 g/mol. The number of rotatable bonds is 4. The third-order valence-electron chi connectivity index (χ3n) is 3.40. The Bertz CT molecular complexity index is 515. The Kier molecular flexibility index (Phi) is 4.74. The fraction of sp³-hybridized carbons (Fsp3) is 0.500. The maximum Gasteiger partial charge on any atom is 0.241 e. The molecule has 21 heavy (non-hydrogen) atoms. The molecule has 1 aromatic heterocycles. The second-order valence-electron chi connectivity index (χ2n) is 5.44. The standard InChI is InChI=1S/C14H21N5O2/c1-9(2)13(15)14(21)18-10-3-4-11(17-7-10)19-6-5-16-12(20)8-19/h3-4,7,9,13H,5-6,8,15H2,1-2H3,(H,16,20)(H,18,21)/t13-/m0/s1. The molecule has 4 N–H and O–H groups in total. The summed E-state index contributed by atoms with van der Waals surface area (Å²) in [6, 6.07) is 3.00. The van der Waals surface area contributed by atoms with Gasteiger partial charge in [-0.2, -0.15) is 0 Å². The van der Waals surface area contributed by atoms with Crippen LogP contribution in [0.2, 0.25) is 0 Å². The largest absolute Gasteiger partial charge is 0.353 e. The minimum atomic E-state index is -0.546. The Morgan fingerprint density at radius 3 is 2.81 bits per heavy atom. The van der Waals surface area contributed by atoms with Crippen molar-refractivity contribution in [1.82, 2.24) is 10.3 Å². The Labute approximate surface area is 123 Å². The molecule has 1 saturated heterocycles. The van der Waals surface area contributed by atoms with Gasteiger partial charge in [0.2, 0.25) is 11.8 Å². The fourth-order valence-corrected chi connectivity index (χ4v) is 2.01. The zero-order valence-corrected chi connectivity index (χ0v) is 12.3. The van der Waals surface area contributed by atoms with E-state index in [1.165, 1.54) is 0 Å². The second kappa shape index (κ2) is 6.53. The van der Waals surface area contributed by atoms with Gasteiger partial charge in [0, 0.05) is 13.1 Å². The number of nitrogens with one attached hydrogen (secondary N) is 2. The van der Waals surface area contributed by atoms with Crippen molar-refractivity contribution >= 4 is 23.3 Å². The summed E-state index contributed by atoms with van der Waals surface area (Å²) in [5, 5.41) is 5.50. The van der Waals surface area contributed by atoms with E-state index in [0.717, 1.165) is 12.4 Å². The summed E-state index contributed by atoms with van der Waals surface area (Å²) in [5.41, 5.74) is 6.38. The first-order chi connectivity index (χ1) is 9.97. The fourth-order valence-electron chi connectivity index (χ4n) is 2.01. The van der Waals surface area contributed by atoms with Crippen molar-refractivity contribution in [3.05, 3.63) is 18.3 Å². The lowest BCUT2D eigenvalue weighted by molar-refractivity contribution is -0.120. The molecule has 114 valence electrons. The van der Waals surface area contributed by atoms with Gasteiger partial charge in [-0.05, 0) is 18.1 Å². The molecule has 0 bridgehead atoms. The minimum Gasteiger partial charge on any atom is -0.353 e. The number of anilines is 2. The highest BCUT2D eigenvalue weighted by atomic mass is 16.2. The quantitative estimate of drug-likeness (QED) is 0.721. The first-order valence-electron chi connectivity index (χ1n) is 7.01. The molecule has 0 saturated carbocycles. The van der Waals surface area contributed by atoms with Gasteiger partial charge in [-0.15, -0.1) is 0 Å². The molecule has 1 aliphatic heterocycles. The highest BCUT2D eigenvalue weighted by Gasteiger charge is 2.19. The van der Waals surface area contributed by atoms with Crippen LogP contribution < -0.4 is 21.3 Å². The number of nitrogens with two attached hydrogens (primary N) is 1. The van der Waals surface area contributed by atoms with E-state index in [2.05, 4.69) is 15.6 Å². The molecule has 0 unspecified atom stereocenters. The Morgan fingerprint density at radius 2 is 2.24 bits per heavy atom. The molecule has 1 aromatic rings. The molecule has 1 aliphatic rings. The summed E-state index contributed by atoms with van der Waals surface area (Å²) in [6.07, 6.45) is 1.58. The Balaban J connectivity index is 1.99. The number of hydrogen-bond donors (Lipinski definition) is 3. The molecule has 0 spiro atoms. The lowest BCUT2D eigenvalue weighted by atomic mass is 10.1. The molecule has 2 amide bonds. The third-order valence-corrected chi connectivity index (χ3v) is 3.40. The van der Waals surface area contributed by atoms with Crippen molar-refractivity contribution in [2.75, 3.05) is 29.9 Å². The minimum absolute atomic E-state index is 0.0108. The summed E-state index contributed by atoms with van der Waals surface area (Å²) in [5.74, 6) is 0.556. The van der Waals surface area contributed by atoms with Gasteiger partial charge in [0.15, 0.2) is 0 Å². The van der Waals surface area contributed by atoms with Crippen LogP contribution in [0, 0.1) is 5.92 Å². The Hall–Kier alpha value is -2.15. The van der Waals surface area contributed by atoms with Crippen LogP contribution in [0.15, 0.2) is 18.3 Å². The van der Waals surface area contributed by atoms with Gasteiger partial charge in [0.25, 0.3) is 0 Å². The number of pyridine rings is 1. The molecule has 1 fully saturated rings. The maximum absolute atomic E-state index is 11.9. The van der Waals surface area contributed by atoms with Gasteiger partial charge in [0.1, 0.15) is 5.82 Å². The molecule has 2 heterocycles. The molecule has 7 nitrogen and oxygen atoms in total. The van der Waals surface area contributed by atoms with Gasteiger partial charge in [0.05, 0.1) is 24.5 Å². The van der Waals surface area contributed by atoms with E-state index in [0.29, 0.717) is 18.8 Å². The SMILES string of the molecule is CC(C)[C@H](N)C(=O)Nc1ccc(N2CCNC(=O)C2)nc1. The number of amides is 2.